The van der Waals surface area contributed by atoms with Crippen LogP contribution in [0.3, 0.4) is 0 Å². The van der Waals surface area contributed by atoms with Gasteiger partial charge in [0.25, 0.3) is 5.91 Å². The third-order valence-electron chi connectivity index (χ3n) is 4.33. The molecule has 0 bridgehead atoms. The first-order valence-electron chi connectivity index (χ1n) is 9.24. The molecule has 0 unspecified atom stereocenters. The van der Waals surface area contributed by atoms with Crippen molar-refractivity contribution in [3.05, 3.63) is 70.3 Å². The summed E-state index contributed by atoms with van der Waals surface area (Å²) >= 11 is 0. The van der Waals surface area contributed by atoms with Crippen LogP contribution in [0.2, 0.25) is 0 Å². The standard InChI is InChI=1S/C23H24N2O3/c1-4-5-12-25-22(26)20(15-24)14-18-7-10-21(11-8-18)28-23(27)19-9-6-16(2)17(3)13-19/h6-11,13-14H,4-5,12H2,1-3H3,(H,25,26)/b20-14+. The first-order valence-corrected chi connectivity index (χ1v) is 9.24. The monoisotopic (exact) mass is 376 g/mol. The van der Waals surface area contributed by atoms with Gasteiger partial charge in [0.1, 0.15) is 17.4 Å². The van der Waals surface area contributed by atoms with Gasteiger partial charge >= 0.3 is 5.97 Å². The lowest BCUT2D eigenvalue weighted by Crippen LogP contribution is -2.25. The van der Waals surface area contributed by atoms with Crippen molar-refractivity contribution in [3.8, 4) is 11.8 Å². The molecule has 2 aromatic rings. The summed E-state index contributed by atoms with van der Waals surface area (Å²) in [4.78, 5) is 24.3. The number of carbonyl (C=O) groups is 2. The molecule has 5 nitrogen and oxygen atoms in total. The van der Waals surface area contributed by atoms with E-state index in [1.165, 1.54) is 6.08 Å². The van der Waals surface area contributed by atoms with Gasteiger partial charge in [-0.1, -0.05) is 31.5 Å². The third kappa shape index (κ3) is 5.82. The van der Waals surface area contributed by atoms with Crippen molar-refractivity contribution >= 4 is 18.0 Å². The van der Waals surface area contributed by atoms with Crippen LogP contribution in [-0.2, 0) is 4.79 Å². The van der Waals surface area contributed by atoms with Crippen molar-refractivity contribution in [2.45, 2.75) is 33.6 Å². The first-order chi connectivity index (χ1) is 13.4. The number of benzene rings is 2. The molecule has 0 saturated heterocycles. The summed E-state index contributed by atoms with van der Waals surface area (Å²) in [6.45, 7) is 6.50. The Bertz CT molecular complexity index is 922. The molecule has 1 amide bonds. The molecule has 5 heteroatoms. The van der Waals surface area contributed by atoms with Crippen LogP contribution in [0.25, 0.3) is 6.08 Å². The van der Waals surface area contributed by atoms with Crippen LogP contribution in [0, 0.1) is 25.2 Å². The number of hydrogen-bond acceptors (Lipinski definition) is 4. The Hall–Kier alpha value is -3.39. The normalized spacial score (nSPS) is 10.9. The van der Waals surface area contributed by atoms with E-state index >= 15 is 0 Å². The van der Waals surface area contributed by atoms with Gasteiger partial charge in [-0.05, 0) is 67.3 Å². The van der Waals surface area contributed by atoms with Crippen LogP contribution in [0.5, 0.6) is 5.75 Å². The zero-order valence-corrected chi connectivity index (χ0v) is 16.4. The molecule has 0 atom stereocenters. The molecular weight excluding hydrogens is 352 g/mol. The molecule has 0 saturated carbocycles. The van der Waals surface area contributed by atoms with E-state index in [0.29, 0.717) is 23.4 Å². The second kappa shape index (κ2) is 10.1. The molecule has 2 rings (SSSR count). The van der Waals surface area contributed by atoms with E-state index in [-0.39, 0.29) is 11.5 Å². The number of nitrogens with zero attached hydrogens (tertiary/aromatic N) is 1. The van der Waals surface area contributed by atoms with Crippen molar-refractivity contribution in [2.75, 3.05) is 6.54 Å². The van der Waals surface area contributed by atoms with Gasteiger partial charge in [-0.15, -0.1) is 0 Å². The van der Waals surface area contributed by atoms with Gasteiger partial charge in [-0.3, -0.25) is 4.79 Å². The number of esters is 1. The largest absolute Gasteiger partial charge is 0.423 e. The number of unbranched alkanes of at least 4 members (excludes halogenated alkanes) is 1. The van der Waals surface area contributed by atoms with Gasteiger partial charge in [0.15, 0.2) is 0 Å². The number of amides is 1. The highest BCUT2D eigenvalue weighted by atomic mass is 16.5. The average molecular weight is 376 g/mol. The molecule has 1 N–H and O–H groups in total. The Morgan fingerprint density at radius 2 is 1.82 bits per heavy atom. The topological polar surface area (TPSA) is 79.2 Å². The predicted octanol–water partition coefficient (Wildman–Crippen LogP) is 4.35. The summed E-state index contributed by atoms with van der Waals surface area (Å²) in [6, 6.07) is 14.0. The van der Waals surface area contributed by atoms with Crippen molar-refractivity contribution in [3.63, 3.8) is 0 Å². The second-order valence-electron chi connectivity index (χ2n) is 6.54. The summed E-state index contributed by atoms with van der Waals surface area (Å²) in [7, 11) is 0. The highest BCUT2D eigenvalue weighted by Gasteiger charge is 2.11. The van der Waals surface area contributed by atoms with E-state index in [2.05, 4.69) is 5.32 Å². The maximum Gasteiger partial charge on any atom is 0.343 e. The van der Waals surface area contributed by atoms with Crippen LogP contribution in [-0.4, -0.2) is 18.4 Å². The SMILES string of the molecule is CCCCNC(=O)/C(C#N)=C/c1ccc(OC(=O)c2ccc(C)c(C)c2)cc1. The van der Waals surface area contributed by atoms with Crippen LogP contribution >= 0.6 is 0 Å². The number of nitriles is 1. The highest BCUT2D eigenvalue weighted by molar-refractivity contribution is 6.01. The maximum absolute atomic E-state index is 12.3. The number of rotatable bonds is 7. The van der Waals surface area contributed by atoms with Gasteiger partial charge in [0.2, 0.25) is 0 Å². The first kappa shape index (κ1) is 20.9. The molecule has 0 heterocycles. The minimum atomic E-state index is -0.431. The van der Waals surface area contributed by atoms with Gasteiger partial charge in [0.05, 0.1) is 5.56 Å². The fourth-order valence-corrected chi connectivity index (χ4v) is 2.46. The molecule has 0 aliphatic heterocycles. The van der Waals surface area contributed by atoms with Gasteiger partial charge < -0.3 is 10.1 Å². The summed E-state index contributed by atoms with van der Waals surface area (Å²) in [6.07, 6.45) is 3.34. The van der Waals surface area contributed by atoms with Gasteiger partial charge in [-0.2, -0.15) is 5.26 Å². The summed E-state index contributed by atoms with van der Waals surface area (Å²) < 4.78 is 5.39. The molecule has 28 heavy (non-hydrogen) atoms. The molecule has 0 radical (unpaired) electrons. The molecule has 0 aliphatic carbocycles. The number of hydrogen-bond donors (Lipinski definition) is 1. The van der Waals surface area contributed by atoms with E-state index in [4.69, 9.17) is 4.74 Å². The van der Waals surface area contributed by atoms with Crippen LogP contribution in [0.4, 0.5) is 0 Å². The Kier molecular flexibility index (Phi) is 7.53. The van der Waals surface area contributed by atoms with Crippen LogP contribution in [0.15, 0.2) is 48.0 Å². The van der Waals surface area contributed by atoms with Gasteiger partial charge in [-0.25, -0.2) is 4.79 Å². The minimum absolute atomic E-state index is 0.0379. The third-order valence-corrected chi connectivity index (χ3v) is 4.33. The summed E-state index contributed by atoms with van der Waals surface area (Å²) in [5, 5.41) is 11.9. The van der Waals surface area contributed by atoms with Crippen molar-refractivity contribution in [2.24, 2.45) is 0 Å². The molecule has 144 valence electrons. The summed E-state index contributed by atoms with van der Waals surface area (Å²) in [5.41, 5.74) is 3.34. The highest BCUT2D eigenvalue weighted by Crippen LogP contribution is 2.17. The number of ether oxygens (including phenoxy) is 1. The van der Waals surface area contributed by atoms with Crippen molar-refractivity contribution in [1.82, 2.24) is 5.32 Å². The molecule has 0 spiro atoms. The molecule has 0 fully saturated rings. The fraction of sp³-hybridized carbons (Fsp3) is 0.261. The lowest BCUT2D eigenvalue weighted by Gasteiger charge is -2.07. The summed E-state index contributed by atoms with van der Waals surface area (Å²) in [5.74, 6) is -0.424. The zero-order valence-electron chi connectivity index (χ0n) is 16.4. The van der Waals surface area contributed by atoms with E-state index in [9.17, 15) is 14.9 Å². The van der Waals surface area contributed by atoms with E-state index in [0.717, 1.165) is 24.0 Å². The van der Waals surface area contributed by atoms with Gasteiger partial charge in [0, 0.05) is 6.54 Å². The second-order valence-corrected chi connectivity index (χ2v) is 6.54. The minimum Gasteiger partial charge on any atom is -0.423 e. The number of nitrogens with one attached hydrogen (secondary N) is 1. The van der Waals surface area contributed by atoms with Crippen LogP contribution in [0.1, 0.15) is 46.8 Å². The van der Waals surface area contributed by atoms with E-state index < -0.39 is 5.97 Å². The number of carbonyl (C=O) groups excluding carboxylic acids is 2. The Balaban J connectivity index is 2.05. The lowest BCUT2D eigenvalue weighted by molar-refractivity contribution is -0.117. The maximum atomic E-state index is 12.3. The van der Waals surface area contributed by atoms with E-state index in [1.807, 2.05) is 32.9 Å². The Morgan fingerprint density at radius 1 is 1.11 bits per heavy atom. The fourth-order valence-electron chi connectivity index (χ4n) is 2.46. The van der Waals surface area contributed by atoms with Crippen molar-refractivity contribution < 1.29 is 14.3 Å². The zero-order chi connectivity index (χ0) is 20.5. The molecular formula is C23H24N2O3. The number of aryl methyl sites for hydroxylation is 2. The van der Waals surface area contributed by atoms with Crippen LogP contribution < -0.4 is 10.1 Å². The predicted molar refractivity (Wildman–Crippen MR) is 109 cm³/mol. The average Bonchev–Trinajstić information content (AvgIpc) is 2.69. The Morgan fingerprint density at radius 3 is 2.43 bits per heavy atom. The molecule has 0 aromatic heterocycles. The smallest absolute Gasteiger partial charge is 0.343 e. The quantitative estimate of drug-likeness (QED) is 0.256. The van der Waals surface area contributed by atoms with Crippen molar-refractivity contribution in [1.29, 1.82) is 5.26 Å². The van der Waals surface area contributed by atoms with E-state index in [1.54, 1.807) is 36.4 Å². The Labute approximate surface area is 165 Å². The lowest BCUT2D eigenvalue weighted by atomic mass is 10.1. The molecule has 2 aromatic carbocycles. The molecule has 0 aliphatic rings.